The molecule has 6 nitrogen and oxygen atoms in total. The van der Waals surface area contributed by atoms with Crippen LogP contribution >= 0.6 is 0 Å². The summed E-state index contributed by atoms with van der Waals surface area (Å²) in [6, 6.07) is 6.91. The highest BCUT2D eigenvalue weighted by Gasteiger charge is 2.22. The largest absolute Gasteiger partial charge is 0.497 e. The standard InChI is InChI=1S/C16H16N2O4/c1-9(2)14(19)12-8-17-15(18-13(12)16(20)21)10-4-6-11(22-3)7-5-10/h4-9H,1-3H3,(H,20,21). The number of ether oxygens (including phenoxy) is 1. The van der Waals surface area contributed by atoms with Crippen molar-refractivity contribution in [2.45, 2.75) is 13.8 Å². The van der Waals surface area contributed by atoms with E-state index in [2.05, 4.69) is 9.97 Å². The van der Waals surface area contributed by atoms with Gasteiger partial charge in [-0.3, -0.25) is 4.79 Å². The van der Waals surface area contributed by atoms with Gasteiger partial charge in [-0.2, -0.15) is 0 Å². The maximum Gasteiger partial charge on any atom is 0.355 e. The first kappa shape index (κ1) is 15.6. The summed E-state index contributed by atoms with van der Waals surface area (Å²) in [6.45, 7) is 3.40. The van der Waals surface area contributed by atoms with Crippen molar-refractivity contribution in [3.05, 3.63) is 41.7 Å². The van der Waals surface area contributed by atoms with Crippen LogP contribution in [0.5, 0.6) is 5.75 Å². The molecule has 0 aliphatic rings. The minimum absolute atomic E-state index is 0.0276. The monoisotopic (exact) mass is 300 g/mol. The smallest absolute Gasteiger partial charge is 0.355 e. The minimum atomic E-state index is -1.25. The Kier molecular flexibility index (Phi) is 4.50. The van der Waals surface area contributed by atoms with Crippen molar-refractivity contribution in [1.82, 2.24) is 9.97 Å². The Morgan fingerprint density at radius 2 is 1.82 bits per heavy atom. The molecule has 0 atom stereocenters. The van der Waals surface area contributed by atoms with Gasteiger partial charge in [0.2, 0.25) is 0 Å². The highest BCUT2D eigenvalue weighted by atomic mass is 16.5. The molecule has 0 amide bonds. The van der Waals surface area contributed by atoms with Crippen molar-refractivity contribution >= 4 is 11.8 Å². The van der Waals surface area contributed by atoms with E-state index >= 15 is 0 Å². The highest BCUT2D eigenvalue weighted by molar-refractivity contribution is 6.05. The molecule has 2 rings (SSSR count). The summed E-state index contributed by atoms with van der Waals surface area (Å²) in [5, 5.41) is 9.29. The zero-order valence-electron chi connectivity index (χ0n) is 12.5. The van der Waals surface area contributed by atoms with E-state index in [9.17, 15) is 14.7 Å². The number of hydrogen-bond donors (Lipinski definition) is 1. The van der Waals surface area contributed by atoms with Gasteiger partial charge >= 0.3 is 5.97 Å². The van der Waals surface area contributed by atoms with Crippen molar-refractivity contribution in [2.24, 2.45) is 5.92 Å². The van der Waals surface area contributed by atoms with Gasteiger partial charge < -0.3 is 9.84 Å². The fourth-order valence-corrected chi connectivity index (χ4v) is 1.92. The molecular weight excluding hydrogens is 284 g/mol. The average molecular weight is 300 g/mol. The molecule has 0 saturated heterocycles. The van der Waals surface area contributed by atoms with Gasteiger partial charge in [-0.05, 0) is 24.3 Å². The van der Waals surface area contributed by atoms with E-state index in [-0.39, 0.29) is 28.8 Å². The van der Waals surface area contributed by atoms with Crippen LogP contribution in [0.2, 0.25) is 0 Å². The second-order valence-corrected chi connectivity index (χ2v) is 5.01. The summed E-state index contributed by atoms with van der Waals surface area (Å²) in [7, 11) is 1.56. The predicted molar refractivity (Wildman–Crippen MR) is 80.1 cm³/mol. The van der Waals surface area contributed by atoms with Gasteiger partial charge in [0, 0.05) is 17.7 Å². The SMILES string of the molecule is COc1ccc(-c2ncc(C(=O)C(C)C)c(C(=O)O)n2)cc1. The van der Waals surface area contributed by atoms with E-state index in [0.29, 0.717) is 11.3 Å². The number of methoxy groups -OCH3 is 1. The summed E-state index contributed by atoms with van der Waals surface area (Å²) in [4.78, 5) is 31.6. The van der Waals surface area contributed by atoms with Gasteiger partial charge in [-0.1, -0.05) is 13.8 Å². The Bertz CT molecular complexity index is 709. The minimum Gasteiger partial charge on any atom is -0.497 e. The quantitative estimate of drug-likeness (QED) is 0.854. The van der Waals surface area contributed by atoms with Crippen molar-refractivity contribution in [3.63, 3.8) is 0 Å². The first-order chi connectivity index (χ1) is 10.4. The summed E-state index contributed by atoms with van der Waals surface area (Å²) in [5.41, 5.74) is 0.395. The molecule has 1 aromatic carbocycles. The van der Waals surface area contributed by atoms with Gasteiger partial charge in [0.15, 0.2) is 17.3 Å². The van der Waals surface area contributed by atoms with Crippen LogP contribution in [0.1, 0.15) is 34.7 Å². The number of hydrogen-bond acceptors (Lipinski definition) is 5. The molecule has 0 saturated carbocycles. The number of ketones is 1. The van der Waals surface area contributed by atoms with Crippen LogP contribution < -0.4 is 4.74 Å². The molecule has 1 heterocycles. The lowest BCUT2D eigenvalue weighted by atomic mass is 10.0. The van der Waals surface area contributed by atoms with Crippen LogP contribution in [0.4, 0.5) is 0 Å². The van der Waals surface area contributed by atoms with Crippen molar-refractivity contribution in [3.8, 4) is 17.1 Å². The number of rotatable bonds is 5. The Morgan fingerprint density at radius 3 is 2.32 bits per heavy atom. The van der Waals surface area contributed by atoms with Crippen LogP contribution in [0.25, 0.3) is 11.4 Å². The number of carboxylic acids is 1. The lowest BCUT2D eigenvalue weighted by Gasteiger charge is -2.09. The number of carboxylic acid groups (broad SMARTS) is 1. The maximum atomic E-state index is 12.0. The third-order valence-corrected chi connectivity index (χ3v) is 3.13. The molecule has 6 heteroatoms. The first-order valence-electron chi connectivity index (χ1n) is 6.73. The number of Topliss-reactive ketones (excluding diaryl/α,β-unsaturated/α-hetero) is 1. The lowest BCUT2D eigenvalue weighted by Crippen LogP contribution is -2.16. The van der Waals surface area contributed by atoms with Gasteiger partial charge in [-0.15, -0.1) is 0 Å². The molecule has 0 aliphatic carbocycles. The lowest BCUT2D eigenvalue weighted by molar-refractivity contribution is 0.0684. The van der Waals surface area contributed by atoms with E-state index in [0.717, 1.165) is 0 Å². The third kappa shape index (κ3) is 3.11. The van der Waals surface area contributed by atoms with Crippen LogP contribution in [0, 0.1) is 5.92 Å². The summed E-state index contributed by atoms with van der Waals surface area (Å²) < 4.78 is 5.06. The van der Waals surface area contributed by atoms with E-state index in [1.54, 1.807) is 45.2 Å². The molecule has 22 heavy (non-hydrogen) atoms. The zero-order chi connectivity index (χ0) is 16.3. The topological polar surface area (TPSA) is 89.4 Å². The highest BCUT2D eigenvalue weighted by Crippen LogP contribution is 2.21. The van der Waals surface area contributed by atoms with Crippen LogP contribution in [-0.2, 0) is 0 Å². The molecule has 0 radical (unpaired) electrons. The maximum absolute atomic E-state index is 12.0. The van der Waals surface area contributed by atoms with E-state index in [4.69, 9.17) is 4.74 Å². The number of benzene rings is 1. The molecule has 1 N–H and O–H groups in total. The Hall–Kier alpha value is -2.76. The first-order valence-corrected chi connectivity index (χ1v) is 6.73. The molecule has 0 unspecified atom stereocenters. The Morgan fingerprint density at radius 1 is 1.18 bits per heavy atom. The summed E-state index contributed by atoms with van der Waals surface area (Å²) >= 11 is 0. The van der Waals surface area contributed by atoms with E-state index < -0.39 is 5.97 Å². The number of aromatic carboxylic acids is 1. The molecular formula is C16H16N2O4. The van der Waals surface area contributed by atoms with Gasteiger partial charge in [0.25, 0.3) is 0 Å². The molecule has 0 spiro atoms. The molecule has 1 aromatic heterocycles. The molecule has 0 aliphatic heterocycles. The fourth-order valence-electron chi connectivity index (χ4n) is 1.92. The van der Waals surface area contributed by atoms with E-state index in [1.807, 2.05) is 0 Å². The second-order valence-electron chi connectivity index (χ2n) is 5.01. The number of carbonyl (C=O) groups excluding carboxylic acids is 1. The number of aromatic nitrogens is 2. The normalized spacial score (nSPS) is 10.5. The van der Waals surface area contributed by atoms with Crippen molar-refractivity contribution in [2.75, 3.05) is 7.11 Å². The predicted octanol–water partition coefficient (Wildman–Crippen LogP) is 2.69. The molecule has 114 valence electrons. The van der Waals surface area contributed by atoms with Crippen molar-refractivity contribution in [1.29, 1.82) is 0 Å². The van der Waals surface area contributed by atoms with Crippen LogP contribution in [0.15, 0.2) is 30.5 Å². The number of carbonyl (C=O) groups is 2. The van der Waals surface area contributed by atoms with Crippen molar-refractivity contribution < 1.29 is 19.4 Å². The van der Waals surface area contributed by atoms with Crippen LogP contribution in [-0.4, -0.2) is 33.9 Å². The Labute approximate surface area is 127 Å². The van der Waals surface area contributed by atoms with Gasteiger partial charge in [-0.25, -0.2) is 14.8 Å². The number of nitrogens with zero attached hydrogens (tertiary/aromatic N) is 2. The van der Waals surface area contributed by atoms with Crippen LogP contribution in [0.3, 0.4) is 0 Å². The van der Waals surface area contributed by atoms with Gasteiger partial charge in [0.05, 0.1) is 12.7 Å². The molecule has 2 aromatic rings. The second kappa shape index (κ2) is 6.34. The molecule has 0 fully saturated rings. The Balaban J connectivity index is 2.48. The molecule has 0 bridgehead atoms. The fraction of sp³-hybridized carbons (Fsp3) is 0.250. The van der Waals surface area contributed by atoms with E-state index in [1.165, 1.54) is 6.20 Å². The zero-order valence-corrected chi connectivity index (χ0v) is 12.5. The van der Waals surface area contributed by atoms with Gasteiger partial charge in [0.1, 0.15) is 5.75 Å². The third-order valence-electron chi connectivity index (χ3n) is 3.13. The average Bonchev–Trinajstić information content (AvgIpc) is 2.53. The summed E-state index contributed by atoms with van der Waals surface area (Å²) in [5.74, 6) is -0.942. The summed E-state index contributed by atoms with van der Waals surface area (Å²) in [6.07, 6.45) is 1.28.